The van der Waals surface area contributed by atoms with Gasteiger partial charge in [-0.15, -0.1) is 0 Å². The van der Waals surface area contributed by atoms with E-state index in [9.17, 15) is 8.78 Å². The second-order valence-electron chi connectivity index (χ2n) is 3.94. The topological polar surface area (TPSA) is 41.6 Å². The largest absolute Gasteiger partial charge is 0.340 e. The molecule has 0 amide bonds. The van der Waals surface area contributed by atoms with Crippen LogP contribution in [0.25, 0.3) is 11.2 Å². The first-order valence-electron chi connectivity index (χ1n) is 5.46. The SMILES string of the molecule is Fc1cccc(F)c1Cc1nc2ncccc2[nH]1. The first-order chi connectivity index (χ1) is 8.74. The van der Waals surface area contributed by atoms with Crippen molar-refractivity contribution in [1.29, 1.82) is 0 Å². The van der Waals surface area contributed by atoms with Gasteiger partial charge in [0, 0.05) is 18.2 Å². The predicted octanol–water partition coefficient (Wildman–Crippen LogP) is 2.83. The molecule has 18 heavy (non-hydrogen) atoms. The molecule has 0 saturated carbocycles. The highest BCUT2D eigenvalue weighted by Crippen LogP contribution is 2.17. The highest BCUT2D eigenvalue weighted by atomic mass is 19.1. The Morgan fingerprint density at radius 2 is 1.83 bits per heavy atom. The minimum atomic E-state index is -0.566. The van der Waals surface area contributed by atoms with Gasteiger partial charge in [-0.1, -0.05) is 6.07 Å². The Balaban J connectivity index is 2.01. The van der Waals surface area contributed by atoms with Gasteiger partial charge in [0.2, 0.25) is 0 Å². The van der Waals surface area contributed by atoms with E-state index in [4.69, 9.17) is 0 Å². The van der Waals surface area contributed by atoms with Gasteiger partial charge in [0.05, 0.1) is 5.52 Å². The Kier molecular flexibility index (Phi) is 2.51. The monoisotopic (exact) mass is 245 g/mol. The maximum atomic E-state index is 13.5. The zero-order valence-electron chi connectivity index (χ0n) is 9.32. The lowest BCUT2D eigenvalue weighted by atomic mass is 10.1. The number of imidazole rings is 1. The lowest BCUT2D eigenvalue weighted by Crippen LogP contribution is -1.98. The molecule has 3 aromatic rings. The molecule has 0 atom stereocenters. The number of aromatic amines is 1. The van der Waals surface area contributed by atoms with Crippen molar-refractivity contribution >= 4 is 11.2 Å². The normalized spacial score (nSPS) is 11.0. The zero-order valence-corrected chi connectivity index (χ0v) is 9.32. The molecule has 1 N–H and O–H groups in total. The fourth-order valence-corrected chi connectivity index (χ4v) is 1.85. The molecule has 0 radical (unpaired) electrons. The molecule has 5 heteroatoms. The third-order valence-electron chi connectivity index (χ3n) is 2.71. The first kappa shape index (κ1) is 10.8. The summed E-state index contributed by atoms with van der Waals surface area (Å²) in [5.41, 5.74) is 1.31. The van der Waals surface area contributed by atoms with Gasteiger partial charge in [0.1, 0.15) is 17.5 Å². The summed E-state index contributed by atoms with van der Waals surface area (Å²) in [5.74, 6) is -0.639. The average Bonchev–Trinajstić information content (AvgIpc) is 2.76. The van der Waals surface area contributed by atoms with Gasteiger partial charge in [-0.3, -0.25) is 0 Å². The summed E-state index contributed by atoms with van der Waals surface area (Å²) in [6.45, 7) is 0. The fourth-order valence-electron chi connectivity index (χ4n) is 1.85. The second kappa shape index (κ2) is 4.18. The number of benzene rings is 1. The zero-order chi connectivity index (χ0) is 12.5. The van der Waals surface area contributed by atoms with Gasteiger partial charge >= 0.3 is 0 Å². The fraction of sp³-hybridized carbons (Fsp3) is 0.0769. The predicted molar refractivity (Wildman–Crippen MR) is 63.1 cm³/mol. The maximum Gasteiger partial charge on any atom is 0.177 e. The van der Waals surface area contributed by atoms with Crippen LogP contribution in [0.4, 0.5) is 8.78 Å². The van der Waals surface area contributed by atoms with Crippen molar-refractivity contribution in [3.63, 3.8) is 0 Å². The van der Waals surface area contributed by atoms with Crippen LogP contribution in [-0.2, 0) is 6.42 Å². The minimum Gasteiger partial charge on any atom is -0.340 e. The van der Waals surface area contributed by atoms with E-state index in [-0.39, 0.29) is 12.0 Å². The van der Waals surface area contributed by atoms with Crippen LogP contribution < -0.4 is 0 Å². The summed E-state index contributed by atoms with van der Waals surface area (Å²) in [4.78, 5) is 11.2. The van der Waals surface area contributed by atoms with E-state index >= 15 is 0 Å². The molecule has 1 aromatic carbocycles. The molecule has 0 bridgehead atoms. The molecule has 0 fully saturated rings. The van der Waals surface area contributed by atoms with Gasteiger partial charge < -0.3 is 4.98 Å². The van der Waals surface area contributed by atoms with Crippen LogP contribution in [-0.4, -0.2) is 15.0 Å². The number of H-pyrrole nitrogens is 1. The van der Waals surface area contributed by atoms with Crippen molar-refractivity contribution in [2.75, 3.05) is 0 Å². The number of pyridine rings is 1. The Morgan fingerprint density at radius 3 is 2.56 bits per heavy atom. The summed E-state index contributed by atoms with van der Waals surface area (Å²) in [6.07, 6.45) is 1.70. The van der Waals surface area contributed by atoms with Gasteiger partial charge in [-0.25, -0.2) is 18.7 Å². The molecular formula is C13H9F2N3. The number of nitrogens with one attached hydrogen (secondary N) is 1. The third kappa shape index (κ3) is 1.84. The van der Waals surface area contributed by atoms with Gasteiger partial charge in [-0.05, 0) is 24.3 Å². The average molecular weight is 245 g/mol. The van der Waals surface area contributed by atoms with Crippen molar-refractivity contribution in [1.82, 2.24) is 15.0 Å². The number of hydrogen-bond acceptors (Lipinski definition) is 2. The molecule has 2 heterocycles. The van der Waals surface area contributed by atoms with E-state index in [1.807, 2.05) is 6.07 Å². The highest BCUT2D eigenvalue weighted by Gasteiger charge is 2.11. The summed E-state index contributed by atoms with van der Waals surface area (Å²) in [5, 5.41) is 0. The lowest BCUT2D eigenvalue weighted by molar-refractivity contribution is 0.559. The molecule has 0 aliphatic carbocycles. The van der Waals surface area contributed by atoms with Crippen molar-refractivity contribution in [2.45, 2.75) is 6.42 Å². The second-order valence-corrected chi connectivity index (χ2v) is 3.94. The van der Waals surface area contributed by atoms with Crippen LogP contribution in [0.15, 0.2) is 36.5 Å². The van der Waals surface area contributed by atoms with E-state index in [1.54, 1.807) is 12.3 Å². The standard InChI is InChI=1S/C13H9F2N3/c14-9-3-1-4-10(15)8(9)7-12-17-11-5-2-6-16-13(11)18-12/h1-6H,7H2,(H,16,17,18). The van der Waals surface area contributed by atoms with Crippen molar-refractivity contribution < 1.29 is 8.78 Å². The van der Waals surface area contributed by atoms with Gasteiger partial charge in [0.25, 0.3) is 0 Å². The molecule has 90 valence electrons. The molecule has 0 saturated heterocycles. The number of nitrogens with zero attached hydrogens (tertiary/aromatic N) is 2. The number of halogens is 2. The highest BCUT2D eigenvalue weighted by molar-refractivity contribution is 5.69. The number of hydrogen-bond donors (Lipinski definition) is 1. The number of rotatable bonds is 2. The third-order valence-corrected chi connectivity index (χ3v) is 2.71. The van der Waals surface area contributed by atoms with E-state index in [0.717, 1.165) is 5.52 Å². The summed E-state index contributed by atoms with van der Waals surface area (Å²) >= 11 is 0. The lowest BCUT2D eigenvalue weighted by Gasteiger charge is -2.01. The first-order valence-corrected chi connectivity index (χ1v) is 5.46. The Morgan fingerprint density at radius 1 is 1.06 bits per heavy atom. The molecule has 0 aliphatic heterocycles. The Hall–Kier alpha value is -2.30. The summed E-state index contributed by atoms with van der Waals surface area (Å²) in [6, 6.07) is 7.40. The van der Waals surface area contributed by atoms with Crippen LogP contribution in [0, 0.1) is 11.6 Å². The van der Waals surface area contributed by atoms with Crippen LogP contribution >= 0.6 is 0 Å². The number of aromatic nitrogens is 3. The van der Waals surface area contributed by atoms with Crippen molar-refractivity contribution in [3.05, 3.63) is 59.6 Å². The molecule has 2 aromatic heterocycles. The van der Waals surface area contributed by atoms with E-state index in [1.165, 1.54) is 18.2 Å². The molecule has 3 nitrogen and oxygen atoms in total. The van der Waals surface area contributed by atoms with Gasteiger partial charge in [0.15, 0.2) is 5.65 Å². The van der Waals surface area contributed by atoms with Crippen LogP contribution in [0.2, 0.25) is 0 Å². The molecule has 3 rings (SSSR count). The maximum absolute atomic E-state index is 13.5. The van der Waals surface area contributed by atoms with E-state index in [0.29, 0.717) is 11.5 Å². The summed E-state index contributed by atoms with van der Waals surface area (Å²) < 4.78 is 27.0. The Labute approximate surface area is 102 Å². The molecule has 0 unspecified atom stereocenters. The van der Waals surface area contributed by atoms with Crippen molar-refractivity contribution in [3.8, 4) is 0 Å². The van der Waals surface area contributed by atoms with Crippen LogP contribution in [0.3, 0.4) is 0 Å². The molecular weight excluding hydrogens is 236 g/mol. The molecule has 0 aliphatic rings. The smallest absolute Gasteiger partial charge is 0.177 e. The number of fused-ring (bicyclic) bond motifs is 1. The van der Waals surface area contributed by atoms with Crippen molar-refractivity contribution in [2.24, 2.45) is 0 Å². The van der Waals surface area contributed by atoms with E-state index in [2.05, 4.69) is 15.0 Å². The Bertz CT molecular complexity index is 653. The minimum absolute atomic E-state index is 0.0107. The summed E-state index contributed by atoms with van der Waals surface area (Å²) in [7, 11) is 0. The quantitative estimate of drug-likeness (QED) is 0.754. The van der Waals surface area contributed by atoms with Crippen LogP contribution in [0.5, 0.6) is 0 Å². The molecule has 0 spiro atoms. The van der Waals surface area contributed by atoms with E-state index < -0.39 is 11.6 Å². The van der Waals surface area contributed by atoms with Crippen LogP contribution in [0.1, 0.15) is 11.4 Å². The van der Waals surface area contributed by atoms with Gasteiger partial charge in [-0.2, -0.15) is 0 Å².